The first-order chi connectivity index (χ1) is 23.0. The van der Waals surface area contributed by atoms with E-state index in [1.165, 1.54) is 56.5 Å². The number of rotatable bonds is 21. The third kappa shape index (κ3) is 12.7. The Morgan fingerprint density at radius 1 is 0.500 bits per heavy atom. The number of nitrogens with zero attached hydrogens (tertiary/aromatic N) is 2. The molecule has 0 saturated carbocycles. The molecule has 0 aliphatic carbocycles. The Morgan fingerprint density at radius 3 is 1.06 bits per heavy atom. The van der Waals surface area contributed by atoms with Crippen molar-refractivity contribution in [3.8, 4) is 34.5 Å². The molecule has 0 unspecified atom stereocenters. The lowest BCUT2D eigenvalue weighted by Crippen LogP contribution is -2.40. The SMILES string of the molecule is COc1cc(CN(CCN(CC(=O)OCOC(C)=O)Cc2cc(OC)c(OC)c(OC)c2)CC(=O)OCOC(C)=O)cc(OC)c1OC. The molecule has 0 amide bonds. The maximum absolute atomic E-state index is 12.8. The Kier molecular flexibility index (Phi) is 16.6. The van der Waals surface area contributed by atoms with E-state index in [1.54, 1.807) is 34.1 Å². The average Bonchev–Trinajstić information content (AvgIpc) is 3.05. The number of benzene rings is 2. The molecule has 0 N–H and O–H groups in total. The number of methoxy groups -OCH3 is 6. The average molecular weight is 681 g/mol. The number of carbonyl (C=O) groups excluding carboxylic acids is 4. The second kappa shape index (κ2) is 20.3. The van der Waals surface area contributed by atoms with Crippen LogP contribution in [0.4, 0.5) is 0 Å². The van der Waals surface area contributed by atoms with Crippen LogP contribution in [-0.2, 0) is 51.2 Å². The van der Waals surface area contributed by atoms with Gasteiger partial charge in [-0.1, -0.05) is 0 Å². The Bertz CT molecular complexity index is 1230. The fourth-order valence-electron chi connectivity index (χ4n) is 4.49. The molecule has 0 aliphatic heterocycles. The number of hydrogen-bond donors (Lipinski definition) is 0. The fourth-order valence-corrected chi connectivity index (χ4v) is 4.49. The summed E-state index contributed by atoms with van der Waals surface area (Å²) in [4.78, 5) is 51.4. The lowest BCUT2D eigenvalue weighted by molar-refractivity contribution is -0.168. The van der Waals surface area contributed by atoms with E-state index in [0.717, 1.165) is 0 Å². The highest BCUT2D eigenvalue weighted by atomic mass is 16.7. The molecule has 0 aromatic heterocycles. The molecule has 2 rings (SSSR count). The van der Waals surface area contributed by atoms with E-state index in [9.17, 15) is 19.2 Å². The van der Waals surface area contributed by atoms with Crippen molar-refractivity contribution in [2.45, 2.75) is 26.9 Å². The minimum atomic E-state index is -0.652. The highest BCUT2D eigenvalue weighted by molar-refractivity contribution is 5.72. The van der Waals surface area contributed by atoms with Gasteiger partial charge in [0.05, 0.1) is 55.7 Å². The van der Waals surface area contributed by atoms with Gasteiger partial charge in [-0.2, -0.15) is 0 Å². The molecular formula is C32H44N2O14. The summed E-state index contributed by atoms with van der Waals surface area (Å²) in [6.45, 7) is 1.83. The Hall–Kier alpha value is -4.96. The van der Waals surface area contributed by atoms with Crippen molar-refractivity contribution in [2.24, 2.45) is 0 Å². The van der Waals surface area contributed by atoms with Crippen molar-refractivity contribution in [3.05, 3.63) is 35.4 Å². The molecular weight excluding hydrogens is 636 g/mol. The summed E-state index contributed by atoms with van der Waals surface area (Å²) in [5.41, 5.74) is 1.43. The molecule has 16 heteroatoms. The van der Waals surface area contributed by atoms with Gasteiger partial charge in [0, 0.05) is 40.0 Å². The number of ether oxygens (including phenoxy) is 10. The highest BCUT2D eigenvalue weighted by Crippen LogP contribution is 2.39. The monoisotopic (exact) mass is 680 g/mol. The molecule has 0 bridgehead atoms. The predicted octanol–water partition coefficient (Wildman–Crippen LogP) is 2.17. The molecule has 266 valence electrons. The van der Waals surface area contributed by atoms with Gasteiger partial charge >= 0.3 is 23.9 Å². The van der Waals surface area contributed by atoms with Crippen molar-refractivity contribution >= 4 is 23.9 Å². The summed E-state index contributed by atoms with van der Waals surface area (Å²) < 4.78 is 52.4. The topological polar surface area (TPSA) is 167 Å². The Morgan fingerprint density at radius 2 is 0.812 bits per heavy atom. The lowest BCUT2D eigenvalue weighted by Gasteiger charge is -2.27. The van der Waals surface area contributed by atoms with E-state index in [0.29, 0.717) is 45.6 Å². The quantitative estimate of drug-likeness (QED) is 0.139. The molecule has 0 heterocycles. The van der Waals surface area contributed by atoms with Crippen LogP contribution in [0.25, 0.3) is 0 Å². The summed E-state index contributed by atoms with van der Waals surface area (Å²) in [6, 6.07) is 6.99. The van der Waals surface area contributed by atoms with E-state index >= 15 is 0 Å². The van der Waals surface area contributed by atoms with E-state index < -0.39 is 37.5 Å². The number of esters is 4. The lowest BCUT2D eigenvalue weighted by atomic mass is 10.1. The Labute approximate surface area is 279 Å². The van der Waals surface area contributed by atoms with E-state index in [2.05, 4.69) is 0 Å². The third-order valence-corrected chi connectivity index (χ3v) is 6.66. The van der Waals surface area contributed by atoms with Crippen molar-refractivity contribution in [2.75, 3.05) is 82.4 Å². The van der Waals surface area contributed by atoms with Crippen LogP contribution in [0, 0.1) is 0 Å². The van der Waals surface area contributed by atoms with Crippen LogP contribution in [0.15, 0.2) is 24.3 Å². The Balaban J connectivity index is 2.39. The molecule has 0 saturated heterocycles. The summed E-state index contributed by atoms with van der Waals surface area (Å²) >= 11 is 0. The van der Waals surface area contributed by atoms with Gasteiger partial charge in [-0.05, 0) is 35.4 Å². The summed E-state index contributed by atoms with van der Waals surface area (Å²) in [5.74, 6) is -0.0126. The van der Waals surface area contributed by atoms with Crippen LogP contribution in [0.5, 0.6) is 34.5 Å². The van der Waals surface area contributed by atoms with E-state index in [4.69, 9.17) is 47.4 Å². The molecule has 0 spiro atoms. The second-order valence-corrected chi connectivity index (χ2v) is 10.0. The zero-order valence-corrected chi connectivity index (χ0v) is 28.6. The first kappa shape index (κ1) is 39.2. The smallest absolute Gasteiger partial charge is 0.323 e. The first-order valence-electron chi connectivity index (χ1n) is 14.6. The van der Waals surface area contributed by atoms with Gasteiger partial charge in [-0.25, -0.2) is 0 Å². The van der Waals surface area contributed by atoms with Gasteiger partial charge in [0.1, 0.15) is 0 Å². The standard InChI is InChI=1S/C32H44N2O14/c1-21(35)45-19-47-29(37)17-33(15-23-11-25(39-3)31(43-7)26(12-23)40-4)9-10-34(18-30(38)48-20-46-22(2)36)16-24-13-27(41-5)32(44-8)28(14-24)42-6/h11-14H,9-10,15-20H2,1-8H3. The van der Waals surface area contributed by atoms with E-state index in [1.807, 2.05) is 0 Å². The summed E-state index contributed by atoms with van der Waals surface area (Å²) in [7, 11) is 8.95. The molecule has 16 nitrogen and oxygen atoms in total. The van der Waals surface area contributed by atoms with Crippen LogP contribution < -0.4 is 28.4 Å². The third-order valence-electron chi connectivity index (χ3n) is 6.66. The largest absolute Gasteiger partial charge is 0.493 e. The van der Waals surface area contributed by atoms with Crippen molar-refractivity contribution < 1.29 is 66.5 Å². The zero-order valence-electron chi connectivity index (χ0n) is 28.6. The van der Waals surface area contributed by atoms with Gasteiger partial charge in [-0.3, -0.25) is 29.0 Å². The molecule has 0 fully saturated rings. The van der Waals surface area contributed by atoms with Gasteiger partial charge in [-0.15, -0.1) is 0 Å². The minimum absolute atomic E-state index is 0.202. The van der Waals surface area contributed by atoms with Gasteiger partial charge in [0.2, 0.25) is 25.1 Å². The highest BCUT2D eigenvalue weighted by Gasteiger charge is 2.21. The first-order valence-corrected chi connectivity index (χ1v) is 14.6. The number of hydrogen-bond acceptors (Lipinski definition) is 16. The van der Waals surface area contributed by atoms with Gasteiger partial charge in [0.25, 0.3) is 0 Å². The van der Waals surface area contributed by atoms with Crippen LogP contribution >= 0.6 is 0 Å². The molecule has 48 heavy (non-hydrogen) atoms. The van der Waals surface area contributed by atoms with Crippen LogP contribution in [0.1, 0.15) is 25.0 Å². The van der Waals surface area contributed by atoms with E-state index in [-0.39, 0.29) is 39.3 Å². The van der Waals surface area contributed by atoms with Crippen molar-refractivity contribution in [3.63, 3.8) is 0 Å². The molecule has 0 atom stereocenters. The van der Waals surface area contributed by atoms with Crippen LogP contribution in [0.2, 0.25) is 0 Å². The maximum Gasteiger partial charge on any atom is 0.323 e. The van der Waals surface area contributed by atoms with Crippen molar-refractivity contribution in [1.29, 1.82) is 0 Å². The van der Waals surface area contributed by atoms with Crippen LogP contribution in [0.3, 0.4) is 0 Å². The molecule has 0 radical (unpaired) electrons. The fraction of sp³-hybridized carbons (Fsp3) is 0.500. The van der Waals surface area contributed by atoms with Crippen LogP contribution in [-0.4, -0.2) is 116 Å². The second-order valence-electron chi connectivity index (χ2n) is 10.0. The normalized spacial score (nSPS) is 10.6. The van der Waals surface area contributed by atoms with Crippen molar-refractivity contribution in [1.82, 2.24) is 9.80 Å². The van der Waals surface area contributed by atoms with Gasteiger partial charge in [0.15, 0.2) is 23.0 Å². The summed E-state index contributed by atoms with van der Waals surface area (Å²) in [5, 5.41) is 0. The molecule has 0 aliphatic rings. The van der Waals surface area contributed by atoms with Gasteiger partial charge < -0.3 is 47.4 Å². The minimum Gasteiger partial charge on any atom is -0.493 e. The molecule has 2 aromatic rings. The zero-order chi connectivity index (χ0) is 35.6. The summed E-state index contributed by atoms with van der Waals surface area (Å²) in [6.07, 6.45) is 0. The maximum atomic E-state index is 12.8. The molecule has 2 aromatic carbocycles. The number of carbonyl (C=O) groups is 4. The predicted molar refractivity (Wildman–Crippen MR) is 168 cm³/mol.